The van der Waals surface area contributed by atoms with Crippen LogP contribution in [-0.2, 0) is 21.8 Å². The Bertz CT molecular complexity index is 520. The first kappa shape index (κ1) is 28.0. The van der Waals surface area contributed by atoms with Crippen LogP contribution in [0.2, 0.25) is 0 Å². The molecule has 170 valence electrons. The largest absolute Gasteiger partial charge is 0.748 e. The molecule has 4 heteroatoms. The fraction of sp³-hybridized carbons (Fsp3) is 0.560. The molecule has 0 bridgehead atoms. The van der Waals surface area contributed by atoms with Crippen molar-refractivity contribution in [1.29, 1.82) is 0 Å². The Morgan fingerprint density at radius 3 is 1.48 bits per heavy atom. The Morgan fingerprint density at radius 1 is 0.690 bits per heavy atom. The van der Waals surface area contributed by atoms with E-state index in [2.05, 4.69) is 12.6 Å². The van der Waals surface area contributed by atoms with Gasteiger partial charge in [-0.15, -0.1) is 0 Å². The third kappa shape index (κ3) is 17.6. The molecule has 0 aromatic heterocycles. The van der Waals surface area contributed by atoms with Crippen molar-refractivity contribution in [2.75, 3.05) is 12.4 Å². The van der Waals surface area contributed by atoms with E-state index in [4.69, 9.17) is 4.74 Å². The third-order valence-corrected chi connectivity index (χ3v) is 5.06. The molecule has 0 atom stereocenters. The van der Waals surface area contributed by atoms with Crippen molar-refractivity contribution in [3.05, 3.63) is 60.2 Å². The fourth-order valence-corrected chi connectivity index (χ4v) is 3.28. The quantitative estimate of drug-likeness (QED) is 0.0979. The number of hydrogen-bond donors (Lipinski definition) is 1. The van der Waals surface area contributed by atoms with Gasteiger partial charge >= 0.3 is 0 Å². The molecule has 29 heavy (non-hydrogen) atoms. The van der Waals surface area contributed by atoms with Gasteiger partial charge in [0.1, 0.15) is 0 Å². The molecule has 0 aliphatic carbocycles. The summed E-state index contributed by atoms with van der Waals surface area (Å²) in [5, 5.41) is 0. The fourth-order valence-electron chi connectivity index (χ4n) is 3.06. The summed E-state index contributed by atoms with van der Waals surface area (Å²) in [6, 6.07) is 17.3. The Kier molecular flexibility index (Phi) is 21.0. The van der Waals surface area contributed by atoms with Gasteiger partial charge in [0.15, 0.2) is 0 Å². The Hall–Kier alpha value is -0.961. The predicted molar refractivity (Wildman–Crippen MR) is 124 cm³/mol. The zero-order chi connectivity index (χ0) is 20.1. The van der Waals surface area contributed by atoms with E-state index in [0.717, 1.165) is 18.6 Å². The Morgan fingerprint density at radius 2 is 1.07 bits per heavy atom. The third-order valence-electron chi connectivity index (χ3n) is 4.74. The van der Waals surface area contributed by atoms with E-state index in [1.165, 1.54) is 64.2 Å². The molecule has 0 unspecified atom stereocenters. The average Bonchev–Trinajstić information content (AvgIpc) is 3.44. The van der Waals surface area contributed by atoms with E-state index in [0.29, 0.717) is 12.2 Å². The van der Waals surface area contributed by atoms with Crippen LogP contribution in [0, 0.1) is 0 Å². The number of carbonyl (C=O) groups excluding carboxylic acids is 1. The van der Waals surface area contributed by atoms with Gasteiger partial charge in [0.25, 0.3) is 5.97 Å². The van der Waals surface area contributed by atoms with Gasteiger partial charge in [-0.2, -0.15) is 24.8 Å². The van der Waals surface area contributed by atoms with Crippen LogP contribution in [-0.4, -0.2) is 18.3 Å². The van der Waals surface area contributed by atoms with Gasteiger partial charge in [0.2, 0.25) is 0 Å². The molecule has 0 amide bonds. The molecular weight excluding hydrogens is 420 g/mol. The number of ether oxygens (including phenoxy) is 1. The zero-order valence-electron chi connectivity index (χ0n) is 17.7. The second kappa shape index (κ2) is 21.7. The predicted octanol–water partition coefficient (Wildman–Crippen LogP) is 7.58. The van der Waals surface area contributed by atoms with Gasteiger partial charge in [-0.05, 0) is 18.6 Å². The van der Waals surface area contributed by atoms with Crippen LogP contribution in [0.3, 0.4) is 0 Å². The summed E-state index contributed by atoms with van der Waals surface area (Å²) in [4.78, 5) is 11.6. The molecule has 2 aromatic carbocycles. The molecule has 0 N–H and O–H groups in total. The van der Waals surface area contributed by atoms with Crippen LogP contribution < -0.4 is 0 Å². The SMILES string of the molecule is O=C(OCCCCCCCCCCCCCCS)[c-]1cccc1.[Fe].[cH-]1[cH-][cH-][cH-][cH-]1. The molecule has 2 nitrogen and oxygen atoms in total. The maximum atomic E-state index is 11.6. The molecule has 0 spiro atoms. The monoisotopic (exact) mass is 458 g/mol. The van der Waals surface area contributed by atoms with Crippen LogP contribution in [0.15, 0.2) is 54.6 Å². The minimum atomic E-state index is -0.190. The van der Waals surface area contributed by atoms with Crippen LogP contribution >= 0.6 is 12.6 Å². The smallest absolute Gasteiger partial charge is 0.281 e. The van der Waals surface area contributed by atoms with Crippen LogP contribution in [0.4, 0.5) is 0 Å². The average molecular weight is 458 g/mol. The van der Waals surface area contributed by atoms with Crippen molar-refractivity contribution in [3.8, 4) is 0 Å². The van der Waals surface area contributed by atoms with Gasteiger partial charge in [0.05, 0.1) is 6.61 Å². The molecule has 0 saturated heterocycles. The molecule has 0 saturated carbocycles. The van der Waals surface area contributed by atoms with Crippen molar-refractivity contribution in [2.24, 2.45) is 0 Å². The van der Waals surface area contributed by atoms with Crippen LogP contribution in [0.5, 0.6) is 0 Å². The second-order valence-corrected chi connectivity index (χ2v) is 7.69. The first-order valence-corrected chi connectivity index (χ1v) is 11.6. The standard InChI is InChI=1S/C20H33O2S.C5H5.Fe/c21-20(19-15-11-12-16-19)22-17-13-9-7-5-3-1-2-4-6-8-10-14-18-23;1-2-4-5-3-1;/h11-12,15-16,23H,1-10,13-14,17-18H2;1-5H;/q-1;-5;. The van der Waals surface area contributed by atoms with E-state index in [-0.39, 0.29) is 23.0 Å². The van der Waals surface area contributed by atoms with Crippen molar-refractivity contribution in [2.45, 2.75) is 77.0 Å². The minimum Gasteiger partial charge on any atom is -0.748 e. The normalized spacial score (nSPS) is 9.97. The second-order valence-electron chi connectivity index (χ2n) is 7.24. The maximum absolute atomic E-state index is 11.6. The molecular formula is C25H38FeO2S-6. The first-order valence-electron chi connectivity index (χ1n) is 11.0. The topological polar surface area (TPSA) is 26.3 Å². The van der Waals surface area contributed by atoms with Crippen molar-refractivity contribution < 1.29 is 26.6 Å². The van der Waals surface area contributed by atoms with Crippen molar-refractivity contribution >= 4 is 18.6 Å². The van der Waals surface area contributed by atoms with Gasteiger partial charge in [-0.1, -0.05) is 69.8 Å². The molecule has 0 heterocycles. The minimum absolute atomic E-state index is 0. The summed E-state index contributed by atoms with van der Waals surface area (Å²) in [6.07, 6.45) is 15.6. The first-order chi connectivity index (χ1) is 13.8. The number of unbranched alkanes of at least 4 members (excludes halogenated alkanes) is 11. The zero-order valence-corrected chi connectivity index (χ0v) is 19.7. The molecule has 2 aromatic rings. The number of carbonyl (C=O) groups is 1. The maximum Gasteiger partial charge on any atom is 0.281 e. The van der Waals surface area contributed by atoms with Gasteiger partial charge in [-0.3, -0.25) is 4.79 Å². The molecule has 2 rings (SSSR count). The van der Waals surface area contributed by atoms with Crippen LogP contribution in [0.25, 0.3) is 0 Å². The van der Waals surface area contributed by atoms with E-state index in [1.807, 2.05) is 42.5 Å². The van der Waals surface area contributed by atoms with Gasteiger partial charge in [0, 0.05) is 17.1 Å². The Balaban J connectivity index is 0.00000113. The molecule has 0 radical (unpaired) electrons. The summed E-state index contributed by atoms with van der Waals surface area (Å²) in [5.41, 5.74) is 0.663. The molecule has 0 fully saturated rings. The summed E-state index contributed by atoms with van der Waals surface area (Å²) in [7, 11) is 0. The summed E-state index contributed by atoms with van der Waals surface area (Å²) in [5.74, 6) is 0.844. The van der Waals surface area contributed by atoms with Crippen molar-refractivity contribution in [3.63, 3.8) is 0 Å². The Labute approximate surface area is 194 Å². The number of rotatable bonds is 15. The summed E-state index contributed by atoms with van der Waals surface area (Å²) >= 11 is 4.23. The van der Waals surface area contributed by atoms with E-state index in [9.17, 15) is 4.79 Å². The van der Waals surface area contributed by atoms with Crippen LogP contribution in [0.1, 0.15) is 87.4 Å². The van der Waals surface area contributed by atoms with E-state index >= 15 is 0 Å². The summed E-state index contributed by atoms with van der Waals surface area (Å²) in [6.45, 7) is 0.552. The van der Waals surface area contributed by atoms with Gasteiger partial charge in [-0.25, -0.2) is 12.1 Å². The van der Waals surface area contributed by atoms with E-state index < -0.39 is 0 Å². The molecule has 0 aliphatic rings. The number of thiol groups is 1. The van der Waals surface area contributed by atoms with Crippen molar-refractivity contribution in [1.82, 2.24) is 0 Å². The number of esters is 1. The molecule has 0 aliphatic heterocycles. The van der Waals surface area contributed by atoms with E-state index in [1.54, 1.807) is 12.1 Å². The summed E-state index contributed by atoms with van der Waals surface area (Å²) < 4.78 is 5.24. The van der Waals surface area contributed by atoms with Gasteiger partial charge < -0.3 is 35.1 Å². The number of hydrogen-bond acceptors (Lipinski definition) is 3.